The molecule has 8 nitrogen and oxygen atoms in total. The third-order valence-electron chi connectivity index (χ3n) is 4.01. The summed E-state index contributed by atoms with van der Waals surface area (Å²) < 4.78 is 15.2. The van der Waals surface area contributed by atoms with Crippen molar-refractivity contribution in [3.63, 3.8) is 0 Å². The molecule has 0 radical (unpaired) electrons. The van der Waals surface area contributed by atoms with E-state index in [1.807, 2.05) is 42.5 Å². The summed E-state index contributed by atoms with van der Waals surface area (Å²) in [6.07, 6.45) is -0.496. The number of methoxy groups -OCH3 is 3. The van der Waals surface area contributed by atoms with E-state index in [9.17, 15) is 4.79 Å². The molecule has 8 heteroatoms. The van der Waals surface area contributed by atoms with Crippen LogP contribution >= 0.6 is 0 Å². The van der Waals surface area contributed by atoms with Crippen LogP contribution in [0, 0.1) is 0 Å². The first-order chi connectivity index (χ1) is 13.6. The van der Waals surface area contributed by atoms with Gasteiger partial charge in [0, 0.05) is 37.5 Å². The zero-order chi connectivity index (χ0) is 20.4. The summed E-state index contributed by atoms with van der Waals surface area (Å²) >= 11 is 0. The summed E-state index contributed by atoms with van der Waals surface area (Å²) in [5, 5.41) is 9.12. The van der Waals surface area contributed by atoms with Crippen LogP contribution in [-0.2, 0) is 17.8 Å². The Labute approximate surface area is 164 Å². The Hall–Kier alpha value is -3.42. The summed E-state index contributed by atoms with van der Waals surface area (Å²) in [4.78, 5) is 15.4. The van der Waals surface area contributed by atoms with Gasteiger partial charge < -0.3 is 24.8 Å². The van der Waals surface area contributed by atoms with Crippen LogP contribution in [0.4, 0.5) is 10.5 Å². The first-order valence-electron chi connectivity index (χ1n) is 8.69. The molecule has 0 aromatic heterocycles. The highest BCUT2D eigenvalue weighted by atomic mass is 16.5. The topological polar surface area (TPSA) is 93.2 Å². The zero-order valence-electron chi connectivity index (χ0n) is 16.5. The van der Waals surface area contributed by atoms with E-state index in [1.165, 1.54) is 7.11 Å². The fraction of sp³-hybridized carbons (Fsp3) is 0.300. The molecule has 0 spiro atoms. The highest BCUT2D eigenvalue weighted by Crippen LogP contribution is 2.24. The minimum atomic E-state index is -0.496. The first-order valence-corrected chi connectivity index (χ1v) is 8.69. The van der Waals surface area contributed by atoms with E-state index in [0.717, 1.165) is 22.6 Å². The number of rotatable bonds is 7. The van der Waals surface area contributed by atoms with Crippen molar-refractivity contribution < 1.29 is 19.0 Å². The number of amides is 1. The molecule has 0 fully saturated rings. The van der Waals surface area contributed by atoms with Gasteiger partial charge in [-0.05, 0) is 29.8 Å². The SMILES string of the molecule is CN=C(NCc1ccc(NC(=O)OC)cc1)NCc1ccc(OC)cc1OC. The number of guanidine groups is 1. The molecule has 2 rings (SSSR count). The number of carbonyl (C=O) groups is 1. The van der Waals surface area contributed by atoms with Crippen molar-refractivity contribution in [3.05, 3.63) is 53.6 Å². The van der Waals surface area contributed by atoms with E-state index in [1.54, 1.807) is 21.3 Å². The molecule has 0 aliphatic rings. The lowest BCUT2D eigenvalue weighted by molar-refractivity contribution is 0.187. The van der Waals surface area contributed by atoms with Crippen molar-refractivity contribution in [1.82, 2.24) is 10.6 Å². The van der Waals surface area contributed by atoms with Crippen LogP contribution in [0.2, 0.25) is 0 Å². The van der Waals surface area contributed by atoms with E-state index in [2.05, 4.69) is 25.7 Å². The predicted molar refractivity (Wildman–Crippen MR) is 109 cm³/mol. The molecule has 150 valence electrons. The van der Waals surface area contributed by atoms with Gasteiger partial charge in [0.25, 0.3) is 0 Å². The molecule has 0 unspecified atom stereocenters. The second kappa shape index (κ2) is 10.7. The van der Waals surface area contributed by atoms with Gasteiger partial charge in [0.05, 0.1) is 21.3 Å². The normalized spacial score (nSPS) is 10.8. The molecule has 3 N–H and O–H groups in total. The Morgan fingerprint density at radius 1 is 0.964 bits per heavy atom. The molecular formula is C20H26N4O4. The monoisotopic (exact) mass is 386 g/mol. The molecule has 0 heterocycles. The van der Waals surface area contributed by atoms with Gasteiger partial charge in [-0.25, -0.2) is 4.79 Å². The highest BCUT2D eigenvalue weighted by Gasteiger charge is 2.06. The van der Waals surface area contributed by atoms with E-state index < -0.39 is 6.09 Å². The Morgan fingerprint density at radius 2 is 1.68 bits per heavy atom. The summed E-state index contributed by atoms with van der Waals surface area (Å²) in [6.45, 7) is 1.13. The molecule has 0 aliphatic heterocycles. The predicted octanol–water partition coefficient (Wildman–Crippen LogP) is 2.75. The van der Waals surface area contributed by atoms with Gasteiger partial charge in [-0.2, -0.15) is 0 Å². The Bertz CT molecular complexity index is 806. The van der Waals surface area contributed by atoms with Gasteiger partial charge in [0.1, 0.15) is 11.5 Å². The zero-order valence-corrected chi connectivity index (χ0v) is 16.5. The van der Waals surface area contributed by atoms with Gasteiger partial charge in [-0.1, -0.05) is 12.1 Å². The lowest BCUT2D eigenvalue weighted by Crippen LogP contribution is -2.36. The van der Waals surface area contributed by atoms with Crippen molar-refractivity contribution in [2.75, 3.05) is 33.7 Å². The quantitative estimate of drug-likeness (QED) is 0.500. The van der Waals surface area contributed by atoms with Gasteiger partial charge in [-0.3, -0.25) is 10.3 Å². The van der Waals surface area contributed by atoms with Crippen molar-refractivity contribution >= 4 is 17.7 Å². The number of nitrogens with zero attached hydrogens (tertiary/aromatic N) is 1. The van der Waals surface area contributed by atoms with Crippen LogP contribution in [0.25, 0.3) is 0 Å². The third kappa shape index (κ3) is 6.08. The number of anilines is 1. The molecule has 0 saturated carbocycles. The number of hydrogen-bond acceptors (Lipinski definition) is 5. The molecule has 28 heavy (non-hydrogen) atoms. The maximum atomic E-state index is 11.2. The molecule has 0 atom stereocenters. The molecule has 2 aromatic carbocycles. The lowest BCUT2D eigenvalue weighted by atomic mass is 10.2. The minimum absolute atomic E-state index is 0.496. The van der Waals surface area contributed by atoms with Crippen LogP contribution in [0.1, 0.15) is 11.1 Å². The summed E-state index contributed by atoms with van der Waals surface area (Å²) in [6, 6.07) is 13.1. The van der Waals surface area contributed by atoms with Crippen LogP contribution in [0.15, 0.2) is 47.5 Å². The van der Waals surface area contributed by atoms with Crippen molar-refractivity contribution in [2.45, 2.75) is 13.1 Å². The molecular weight excluding hydrogens is 360 g/mol. The molecule has 1 amide bonds. The maximum Gasteiger partial charge on any atom is 0.411 e. The number of ether oxygens (including phenoxy) is 3. The largest absolute Gasteiger partial charge is 0.497 e. The van der Waals surface area contributed by atoms with Crippen molar-refractivity contribution in [3.8, 4) is 11.5 Å². The number of carbonyl (C=O) groups excluding carboxylic acids is 1. The van der Waals surface area contributed by atoms with Gasteiger partial charge >= 0.3 is 6.09 Å². The maximum absolute atomic E-state index is 11.2. The third-order valence-corrected chi connectivity index (χ3v) is 4.01. The second-order valence-corrected chi connectivity index (χ2v) is 5.77. The van der Waals surface area contributed by atoms with Gasteiger partial charge in [0.2, 0.25) is 0 Å². The second-order valence-electron chi connectivity index (χ2n) is 5.77. The van der Waals surface area contributed by atoms with E-state index in [0.29, 0.717) is 24.7 Å². The van der Waals surface area contributed by atoms with E-state index in [-0.39, 0.29) is 0 Å². The van der Waals surface area contributed by atoms with Crippen LogP contribution in [0.3, 0.4) is 0 Å². The van der Waals surface area contributed by atoms with E-state index >= 15 is 0 Å². The van der Waals surface area contributed by atoms with Crippen molar-refractivity contribution in [1.29, 1.82) is 0 Å². The standard InChI is InChI=1S/C20H26N4O4/c1-21-19(23-13-15-7-10-17(26-2)11-18(15)27-3)22-12-14-5-8-16(9-6-14)24-20(25)28-4/h5-11H,12-13H2,1-4H3,(H,24,25)(H2,21,22,23). The smallest absolute Gasteiger partial charge is 0.411 e. The average molecular weight is 386 g/mol. The summed E-state index contributed by atoms with van der Waals surface area (Å²) in [7, 11) is 6.29. The summed E-state index contributed by atoms with van der Waals surface area (Å²) in [5.41, 5.74) is 2.70. The number of aliphatic imine (C=N–C) groups is 1. The van der Waals surface area contributed by atoms with Gasteiger partial charge in [0.15, 0.2) is 5.96 Å². The van der Waals surface area contributed by atoms with Crippen LogP contribution < -0.4 is 25.4 Å². The van der Waals surface area contributed by atoms with Gasteiger partial charge in [-0.15, -0.1) is 0 Å². The fourth-order valence-electron chi connectivity index (χ4n) is 2.46. The van der Waals surface area contributed by atoms with Crippen LogP contribution in [-0.4, -0.2) is 40.4 Å². The highest BCUT2D eigenvalue weighted by molar-refractivity contribution is 5.84. The molecule has 0 aliphatic carbocycles. The first kappa shape index (κ1) is 20.9. The van der Waals surface area contributed by atoms with Crippen molar-refractivity contribution in [2.24, 2.45) is 4.99 Å². The Morgan fingerprint density at radius 3 is 2.29 bits per heavy atom. The molecule has 0 saturated heterocycles. The number of benzene rings is 2. The average Bonchev–Trinajstić information content (AvgIpc) is 2.74. The lowest BCUT2D eigenvalue weighted by Gasteiger charge is -2.14. The molecule has 0 bridgehead atoms. The number of hydrogen-bond donors (Lipinski definition) is 3. The Balaban J connectivity index is 1.89. The minimum Gasteiger partial charge on any atom is -0.497 e. The van der Waals surface area contributed by atoms with E-state index in [4.69, 9.17) is 9.47 Å². The Kier molecular flexibility index (Phi) is 7.95. The fourth-order valence-corrected chi connectivity index (χ4v) is 2.46. The van der Waals surface area contributed by atoms with Crippen LogP contribution in [0.5, 0.6) is 11.5 Å². The number of nitrogens with one attached hydrogen (secondary N) is 3. The molecule has 2 aromatic rings. The summed E-state index contributed by atoms with van der Waals surface area (Å²) in [5.74, 6) is 2.15.